The molecule has 0 bridgehead atoms. The first-order valence-corrected chi connectivity index (χ1v) is 12.8. The van der Waals surface area contributed by atoms with E-state index in [0.717, 1.165) is 30.5 Å². The number of halogens is 3. The number of nitrogens with zero attached hydrogens (tertiary/aromatic N) is 2. The molecule has 1 atom stereocenters. The average Bonchev–Trinajstić information content (AvgIpc) is 3.69. The van der Waals surface area contributed by atoms with Gasteiger partial charge in [-0.25, -0.2) is 0 Å². The lowest BCUT2D eigenvalue weighted by molar-refractivity contribution is -0.144. The zero-order valence-electron chi connectivity index (χ0n) is 21.1. The highest BCUT2D eigenvalue weighted by Crippen LogP contribution is 2.40. The summed E-state index contributed by atoms with van der Waals surface area (Å²) in [6.07, 6.45) is -1.93. The number of amides is 3. The molecule has 2 aliphatic heterocycles. The lowest BCUT2D eigenvalue weighted by atomic mass is 9.96. The molecule has 0 radical (unpaired) electrons. The molecule has 0 unspecified atom stereocenters. The number of carbonyl (C=O) groups is 3. The minimum absolute atomic E-state index is 0.0391. The van der Waals surface area contributed by atoms with E-state index < -0.39 is 29.4 Å². The van der Waals surface area contributed by atoms with E-state index in [-0.39, 0.29) is 30.9 Å². The molecular weight excluding hydrogens is 499 g/mol. The van der Waals surface area contributed by atoms with Gasteiger partial charge in [-0.2, -0.15) is 13.2 Å². The summed E-state index contributed by atoms with van der Waals surface area (Å²) in [5.41, 5.74) is -0.233. The Balaban J connectivity index is 1.35. The fraction of sp³-hybridized carbons (Fsp3) is 0.464. The number of nitrogens with one attached hydrogen (secondary N) is 1. The van der Waals surface area contributed by atoms with E-state index >= 15 is 0 Å². The molecule has 1 aliphatic carbocycles. The summed E-state index contributed by atoms with van der Waals surface area (Å²) >= 11 is 0. The summed E-state index contributed by atoms with van der Waals surface area (Å²) in [6.45, 7) is 2.55. The van der Waals surface area contributed by atoms with Crippen LogP contribution in [0.1, 0.15) is 52.7 Å². The highest BCUT2D eigenvalue weighted by atomic mass is 19.4. The van der Waals surface area contributed by atoms with E-state index in [9.17, 15) is 27.6 Å². The maximum atomic E-state index is 13.8. The largest absolute Gasteiger partial charge is 0.416 e. The van der Waals surface area contributed by atoms with Gasteiger partial charge in [0.15, 0.2) is 0 Å². The van der Waals surface area contributed by atoms with Crippen molar-refractivity contribution in [2.24, 2.45) is 5.92 Å². The number of carbonyl (C=O) groups excluding carboxylic acids is 3. The normalized spacial score (nSPS) is 21.0. The van der Waals surface area contributed by atoms with Crippen molar-refractivity contribution >= 4 is 17.7 Å². The Labute approximate surface area is 218 Å². The predicted molar refractivity (Wildman–Crippen MR) is 132 cm³/mol. The Morgan fingerprint density at radius 2 is 1.76 bits per heavy atom. The van der Waals surface area contributed by atoms with Crippen LogP contribution in [0.4, 0.5) is 13.2 Å². The first-order valence-electron chi connectivity index (χ1n) is 12.8. The van der Waals surface area contributed by atoms with E-state index in [1.54, 1.807) is 18.2 Å². The number of hydrogen-bond donors (Lipinski definition) is 1. The second-order valence-corrected chi connectivity index (χ2v) is 10.3. The zero-order valence-corrected chi connectivity index (χ0v) is 21.1. The third kappa shape index (κ3) is 5.27. The van der Waals surface area contributed by atoms with Gasteiger partial charge in [-0.1, -0.05) is 29.8 Å². The molecule has 10 heteroatoms. The highest BCUT2D eigenvalue weighted by molar-refractivity contribution is 5.98. The van der Waals surface area contributed by atoms with Gasteiger partial charge in [0.05, 0.1) is 12.2 Å². The Kier molecular flexibility index (Phi) is 6.94. The fourth-order valence-corrected chi connectivity index (χ4v) is 5.31. The first-order chi connectivity index (χ1) is 18.1. The second-order valence-electron chi connectivity index (χ2n) is 10.3. The number of likely N-dealkylation sites (tertiary alicyclic amines) is 1. The van der Waals surface area contributed by atoms with Crippen LogP contribution in [0.3, 0.4) is 0 Å². The number of hydrogen-bond acceptors (Lipinski definition) is 4. The molecule has 3 amide bonds. The smallest absolute Gasteiger partial charge is 0.353 e. The summed E-state index contributed by atoms with van der Waals surface area (Å²) in [7, 11) is 0. The molecule has 3 aliphatic rings. The Hall–Kier alpha value is -3.40. The van der Waals surface area contributed by atoms with Crippen LogP contribution in [0.2, 0.25) is 0 Å². The number of ether oxygens (including phenoxy) is 1. The van der Waals surface area contributed by atoms with E-state index in [4.69, 9.17) is 4.74 Å². The maximum absolute atomic E-state index is 13.8. The van der Waals surface area contributed by atoms with Crippen molar-refractivity contribution in [3.8, 4) is 0 Å². The van der Waals surface area contributed by atoms with Crippen molar-refractivity contribution in [3.05, 3.63) is 70.8 Å². The zero-order chi connectivity index (χ0) is 27.1. The molecule has 202 valence electrons. The molecule has 7 nitrogen and oxygen atoms in total. The molecule has 1 saturated carbocycles. The van der Waals surface area contributed by atoms with Crippen LogP contribution in [-0.2, 0) is 27.0 Å². The standard InChI is InChI=1S/C28H30F3N3O4/c1-18-4-2-6-21(14-18)26(37)34-23(24(35)32-16-19-5-3-7-22(15-19)28(29,30)31)17-38-27(34)10-12-33(13-11-27)25(36)20-8-9-20/h2-7,14-15,20,23H,8-13,16-17H2,1H3,(H,32,35)/t23-/m0/s1. The van der Waals surface area contributed by atoms with Gasteiger partial charge in [0, 0.05) is 44.0 Å². The van der Waals surface area contributed by atoms with Crippen LogP contribution >= 0.6 is 0 Å². The van der Waals surface area contributed by atoms with Crippen molar-refractivity contribution in [1.82, 2.24) is 15.1 Å². The molecule has 2 saturated heterocycles. The molecular formula is C28H30F3N3O4. The highest BCUT2D eigenvalue weighted by Gasteiger charge is 2.54. The molecule has 2 heterocycles. The molecule has 3 fully saturated rings. The number of rotatable bonds is 5. The van der Waals surface area contributed by atoms with Crippen molar-refractivity contribution in [3.63, 3.8) is 0 Å². The molecule has 1 spiro atoms. The monoisotopic (exact) mass is 529 g/mol. The molecule has 38 heavy (non-hydrogen) atoms. The van der Waals surface area contributed by atoms with Gasteiger partial charge in [-0.05, 0) is 49.6 Å². The van der Waals surface area contributed by atoms with Crippen LogP contribution < -0.4 is 5.32 Å². The van der Waals surface area contributed by atoms with Crippen LogP contribution in [0.5, 0.6) is 0 Å². The van der Waals surface area contributed by atoms with E-state index in [1.165, 1.54) is 17.0 Å². The summed E-state index contributed by atoms with van der Waals surface area (Å²) in [5.74, 6) is -0.637. The summed E-state index contributed by atoms with van der Waals surface area (Å²) < 4.78 is 45.5. The van der Waals surface area contributed by atoms with Gasteiger partial charge in [0.25, 0.3) is 5.91 Å². The minimum atomic E-state index is -4.49. The van der Waals surface area contributed by atoms with Crippen LogP contribution in [0.15, 0.2) is 48.5 Å². The van der Waals surface area contributed by atoms with Gasteiger partial charge in [0.1, 0.15) is 11.8 Å². The Morgan fingerprint density at radius 1 is 1.05 bits per heavy atom. The summed E-state index contributed by atoms with van der Waals surface area (Å²) in [4.78, 5) is 43.0. The molecule has 5 rings (SSSR count). The van der Waals surface area contributed by atoms with Gasteiger partial charge in [-0.15, -0.1) is 0 Å². The fourth-order valence-electron chi connectivity index (χ4n) is 5.31. The van der Waals surface area contributed by atoms with Crippen molar-refractivity contribution < 1.29 is 32.3 Å². The third-order valence-electron chi connectivity index (χ3n) is 7.55. The van der Waals surface area contributed by atoms with Crippen molar-refractivity contribution in [2.45, 2.75) is 57.1 Å². The second kappa shape index (κ2) is 10.1. The first kappa shape index (κ1) is 26.2. The number of piperidine rings is 1. The average molecular weight is 530 g/mol. The number of aryl methyl sites for hydroxylation is 1. The third-order valence-corrected chi connectivity index (χ3v) is 7.55. The van der Waals surface area contributed by atoms with Crippen LogP contribution in [0.25, 0.3) is 0 Å². The summed E-state index contributed by atoms with van der Waals surface area (Å²) in [6, 6.07) is 10.9. The van der Waals surface area contributed by atoms with E-state index in [2.05, 4.69) is 5.32 Å². The van der Waals surface area contributed by atoms with Crippen molar-refractivity contribution in [1.29, 1.82) is 0 Å². The molecule has 1 N–H and O–H groups in total. The number of alkyl halides is 3. The predicted octanol–water partition coefficient (Wildman–Crippen LogP) is 3.90. The van der Waals surface area contributed by atoms with Gasteiger partial charge in [-0.3, -0.25) is 19.3 Å². The Morgan fingerprint density at radius 3 is 2.42 bits per heavy atom. The number of benzene rings is 2. The lowest BCUT2D eigenvalue weighted by Gasteiger charge is -2.44. The molecule has 2 aromatic rings. The molecule has 2 aromatic carbocycles. The van der Waals surface area contributed by atoms with Gasteiger partial charge in [0.2, 0.25) is 11.8 Å². The van der Waals surface area contributed by atoms with Gasteiger partial charge >= 0.3 is 6.18 Å². The van der Waals surface area contributed by atoms with E-state index in [1.807, 2.05) is 17.9 Å². The van der Waals surface area contributed by atoms with Crippen LogP contribution in [0, 0.1) is 12.8 Å². The van der Waals surface area contributed by atoms with Crippen LogP contribution in [-0.4, -0.2) is 59.0 Å². The van der Waals surface area contributed by atoms with Gasteiger partial charge < -0.3 is 15.0 Å². The lowest BCUT2D eigenvalue weighted by Crippen LogP contribution is -2.59. The van der Waals surface area contributed by atoms with Crippen molar-refractivity contribution in [2.75, 3.05) is 19.7 Å². The van der Waals surface area contributed by atoms with E-state index in [0.29, 0.717) is 37.1 Å². The maximum Gasteiger partial charge on any atom is 0.416 e. The minimum Gasteiger partial charge on any atom is -0.353 e. The SMILES string of the molecule is Cc1cccc(C(=O)N2[C@H](C(=O)NCc3cccc(C(F)(F)F)c3)COC23CCN(C(=O)C2CC2)CC3)c1. The Bertz CT molecular complexity index is 1240. The molecule has 0 aromatic heterocycles. The quantitative estimate of drug-likeness (QED) is 0.638. The summed E-state index contributed by atoms with van der Waals surface area (Å²) in [5, 5.41) is 2.69. The topological polar surface area (TPSA) is 79.0 Å².